The second kappa shape index (κ2) is 3.62. The number of hydrogen-bond acceptors (Lipinski definition) is 3. The molecular formula is C8H15BrO3. The molecule has 0 saturated carbocycles. The summed E-state index contributed by atoms with van der Waals surface area (Å²) in [6, 6.07) is 0. The van der Waals surface area contributed by atoms with E-state index in [0.717, 1.165) is 0 Å². The third-order valence-corrected chi connectivity index (χ3v) is 4.21. The Balaban J connectivity index is 2.72. The Morgan fingerprint density at radius 1 is 1.67 bits per heavy atom. The molecule has 0 bridgehead atoms. The minimum Gasteiger partial charge on any atom is -0.393 e. The number of rotatable bonds is 2. The lowest BCUT2D eigenvalue weighted by molar-refractivity contribution is -0.168. The molecule has 1 rings (SSSR count). The first-order valence-corrected chi connectivity index (χ1v) is 4.92. The number of aliphatic hydroxyl groups is 1. The molecule has 72 valence electrons. The van der Waals surface area contributed by atoms with Crippen LogP contribution < -0.4 is 0 Å². The first-order valence-electron chi connectivity index (χ1n) is 4.00. The van der Waals surface area contributed by atoms with E-state index in [0.29, 0.717) is 0 Å². The molecule has 1 aliphatic rings. The molecule has 0 aromatic heterocycles. The zero-order valence-corrected chi connectivity index (χ0v) is 9.17. The van der Waals surface area contributed by atoms with Gasteiger partial charge in [-0.2, -0.15) is 0 Å². The lowest BCUT2D eigenvalue weighted by Gasteiger charge is -2.24. The van der Waals surface area contributed by atoms with E-state index in [9.17, 15) is 0 Å². The van der Waals surface area contributed by atoms with Crippen molar-refractivity contribution in [3.8, 4) is 0 Å². The Kier molecular flexibility index (Phi) is 3.15. The first kappa shape index (κ1) is 10.4. The van der Waals surface area contributed by atoms with Crippen molar-refractivity contribution < 1.29 is 14.6 Å². The Bertz CT molecular complexity index is 164. The minimum absolute atomic E-state index is 0.00706. The van der Waals surface area contributed by atoms with Gasteiger partial charge in [0.1, 0.15) is 5.60 Å². The summed E-state index contributed by atoms with van der Waals surface area (Å²) in [6.45, 7) is 3.92. The average molecular weight is 239 g/mol. The predicted octanol–water partition coefficient (Wildman–Crippen LogP) is 1.14. The summed E-state index contributed by atoms with van der Waals surface area (Å²) in [5.41, 5.74) is -0.514. The number of halogens is 1. The van der Waals surface area contributed by atoms with Gasteiger partial charge in [0.05, 0.1) is 11.4 Å². The number of aliphatic hydroxyl groups excluding tert-OH is 1. The molecule has 1 fully saturated rings. The summed E-state index contributed by atoms with van der Waals surface area (Å²) in [6.07, 6.45) is -0.216. The van der Waals surface area contributed by atoms with Crippen LogP contribution in [0, 0.1) is 5.92 Å². The van der Waals surface area contributed by atoms with E-state index in [1.165, 1.54) is 0 Å². The topological polar surface area (TPSA) is 38.7 Å². The van der Waals surface area contributed by atoms with E-state index < -0.39 is 5.60 Å². The fourth-order valence-corrected chi connectivity index (χ4v) is 2.02. The maximum Gasteiger partial charge on any atom is 0.161 e. The smallest absolute Gasteiger partial charge is 0.161 e. The van der Waals surface area contributed by atoms with Gasteiger partial charge < -0.3 is 14.6 Å². The Labute approximate surface area is 81.2 Å². The van der Waals surface area contributed by atoms with Gasteiger partial charge in [-0.1, -0.05) is 22.9 Å². The zero-order valence-electron chi connectivity index (χ0n) is 7.58. The van der Waals surface area contributed by atoms with Gasteiger partial charge in [0.2, 0.25) is 0 Å². The number of ether oxygens (including phenoxy) is 2. The molecule has 4 heteroatoms. The molecule has 1 aliphatic heterocycles. The lowest BCUT2D eigenvalue weighted by Crippen LogP contribution is -2.37. The molecule has 12 heavy (non-hydrogen) atoms. The standard InChI is InChI=1S/C8H15BrO3/c1-5-6(9)8(2,4-10)12-7(5)11-3/h5-7,10H,4H2,1-3H3/t5-,6-,7-,8+/m1/s1. The number of alkyl halides is 1. The highest BCUT2D eigenvalue weighted by molar-refractivity contribution is 9.09. The maximum atomic E-state index is 9.12. The first-order chi connectivity index (χ1) is 5.55. The van der Waals surface area contributed by atoms with Crippen LogP contribution in [0.4, 0.5) is 0 Å². The molecule has 1 N–H and O–H groups in total. The van der Waals surface area contributed by atoms with E-state index in [4.69, 9.17) is 14.6 Å². The van der Waals surface area contributed by atoms with Crippen LogP contribution in [0.15, 0.2) is 0 Å². The molecule has 0 aliphatic carbocycles. The SMILES string of the molecule is CO[C@@H]1O[C@@](C)(CO)[C@H](Br)[C@H]1C. The second-order valence-electron chi connectivity index (χ2n) is 3.45. The van der Waals surface area contributed by atoms with Crippen molar-refractivity contribution >= 4 is 15.9 Å². The van der Waals surface area contributed by atoms with E-state index in [-0.39, 0.29) is 23.6 Å². The van der Waals surface area contributed by atoms with Gasteiger partial charge in [0.25, 0.3) is 0 Å². The Hall–Kier alpha value is 0.360. The van der Waals surface area contributed by atoms with E-state index in [1.54, 1.807) is 7.11 Å². The molecule has 0 unspecified atom stereocenters. The van der Waals surface area contributed by atoms with Crippen LogP contribution in [0.25, 0.3) is 0 Å². The van der Waals surface area contributed by atoms with Crippen molar-refractivity contribution in [3.05, 3.63) is 0 Å². The second-order valence-corrected chi connectivity index (χ2v) is 4.44. The molecule has 0 radical (unpaired) electrons. The molecule has 0 aromatic carbocycles. The van der Waals surface area contributed by atoms with Crippen LogP contribution in [0.5, 0.6) is 0 Å². The summed E-state index contributed by atoms with van der Waals surface area (Å²) < 4.78 is 10.7. The van der Waals surface area contributed by atoms with Crippen molar-refractivity contribution in [1.82, 2.24) is 0 Å². The maximum absolute atomic E-state index is 9.12. The van der Waals surface area contributed by atoms with Gasteiger partial charge in [-0.05, 0) is 6.92 Å². The quantitative estimate of drug-likeness (QED) is 0.734. The minimum atomic E-state index is -0.514. The van der Waals surface area contributed by atoms with Crippen LogP contribution in [-0.4, -0.2) is 35.5 Å². The molecule has 1 saturated heterocycles. The van der Waals surface area contributed by atoms with Gasteiger partial charge in [-0.15, -0.1) is 0 Å². The third kappa shape index (κ3) is 1.53. The van der Waals surface area contributed by atoms with Gasteiger partial charge in [0.15, 0.2) is 6.29 Å². The molecule has 0 spiro atoms. The van der Waals surface area contributed by atoms with Crippen LogP contribution in [0.2, 0.25) is 0 Å². The molecule has 1 heterocycles. The van der Waals surface area contributed by atoms with Crippen molar-refractivity contribution in [2.45, 2.75) is 30.6 Å². The van der Waals surface area contributed by atoms with Crippen molar-refractivity contribution in [2.24, 2.45) is 5.92 Å². The average Bonchev–Trinajstić information content (AvgIpc) is 2.31. The van der Waals surface area contributed by atoms with Gasteiger partial charge in [0, 0.05) is 13.0 Å². The fraction of sp³-hybridized carbons (Fsp3) is 1.00. The normalized spacial score (nSPS) is 48.2. The monoisotopic (exact) mass is 238 g/mol. The van der Waals surface area contributed by atoms with E-state index in [2.05, 4.69) is 15.9 Å². The molecular weight excluding hydrogens is 224 g/mol. The summed E-state index contributed by atoms with van der Waals surface area (Å²) >= 11 is 3.50. The molecule has 3 nitrogen and oxygen atoms in total. The van der Waals surface area contributed by atoms with E-state index in [1.807, 2.05) is 13.8 Å². The van der Waals surface area contributed by atoms with E-state index >= 15 is 0 Å². The highest BCUT2D eigenvalue weighted by Crippen LogP contribution is 2.39. The van der Waals surface area contributed by atoms with Crippen LogP contribution in [0.3, 0.4) is 0 Å². The summed E-state index contributed by atoms with van der Waals surface area (Å²) in [7, 11) is 1.62. The summed E-state index contributed by atoms with van der Waals surface area (Å²) in [4.78, 5) is 0.139. The Morgan fingerprint density at radius 2 is 2.25 bits per heavy atom. The largest absolute Gasteiger partial charge is 0.393 e. The number of hydrogen-bond donors (Lipinski definition) is 1. The molecule has 4 atom stereocenters. The molecule has 0 aromatic rings. The zero-order chi connectivity index (χ0) is 9.35. The highest BCUT2D eigenvalue weighted by Gasteiger charge is 2.48. The highest BCUT2D eigenvalue weighted by atomic mass is 79.9. The third-order valence-electron chi connectivity index (χ3n) is 2.41. The predicted molar refractivity (Wildman–Crippen MR) is 49.3 cm³/mol. The molecule has 0 amide bonds. The Morgan fingerprint density at radius 3 is 2.50 bits per heavy atom. The van der Waals surface area contributed by atoms with Crippen molar-refractivity contribution in [1.29, 1.82) is 0 Å². The van der Waals surface area contributed by atoms with Crippen LogP contribution >= 0.6 is 15.9 Å². The lowest BCUT2D eigenvalue weighted by atomic mass is 9.97. The number of methoxy groups -OCH3 is 1. The van der Waals surface area contributed by atoms with Crippen molar-refractivity contribution in [2.75, 3.05) is 13.7 Å². The fourth-order valence-electron chi connectivity index (χ4n) is 1.52. The van der Waals surface area contributed by atoms with Crippen LogP contribution in [-0.2, 0) is 9.47 Å². The van der Waals surface area contributed by atoms with Gasteiger partial charge >= 0.3 is 0 Å². The van der Waals surface area contributed by atoms with Gasteiger partial charge in [-0.25, -0.2) is 0 Å². The van der Waals surface area contributed by atoms with Crippen molar-refractivity contribution in [3.63, 3.8) is 0 Å². The summed E-state index contributed by atoms with van der Waals surface area (Å²) in [5.74, 6) is 0.257. The summed E-state index contributed by atoms with van der Waals surface area (Å²) in [5, 5.41) is 9.12. The van der Waals surface area contributed by atoms with Gasteiger partial charge in [-0.3, -0.25) is 0 Å². The van der Waals surface area contributed by atoms with Crippen LogP contribution in [0.1, 0.15) is 13.8 Å².